The second kappa shape index (κ2) is 11.6. The van der Waals surface area contributed by atoms with Crippen LogP contribution in [0.4, 0.5) is 0 Å². The van der Waals surface area contributed by atoms with E-state index in [1.165, 1.54) is 5.56 Å². The highest BCUT2D eigenvalue weighted by Crippen LogP contribution is 2.31. The zero-order valence-electron chi connectivity index (χ0n) is 20.9. The monoisotopic (exact) mass is 472 g/mol. The normalized spacial score (nSPS) is 19.6. The smallest absolute Gasteiger partial charge is 0.254 e. The molecule has 0 radical (unpaired) electrons. The predicted molar refractivity (Wildman–Crippen MR) is 140 cm³/mol. The minimum atomic E-state index is -0.295. The molecule has 5 nitrogen and oxygen atoms in total. The van der Waals surface area contributed by atoms with E-state index in [-0.39, 0.29) is 30.6 Å². The van der Waals surface area contributed by atoms with E-state index in [1.807, 2.05) is 54.3 Å². The third-order valence-electron chi connectivity index (χ3n) is 6.88. The van der Waals surface area contributed by atoms with Crippen LogP contribution in [0.25, 0.3) is 11.1 Å². The average Bonchev–Trinajstić information content (AvgIpc) is 2.90. The molecule has 4 rings (SSSR count). The molecule has 1 amide bonds. The standard InChI is InChI=1S/C30H36N2O3/c1-22-17-32(23(2)20-33)30(34)28-16-10-9-15-27(28)26-14-8-7-13-25(26)21-35-29(22)19-31(3)18-24-11-5-4-6-12-24/h4-16,22-23,29,33H,17-21H2,1-3H3/t22-,23-,29-/m0/s1. The highest BCUT2D eigenvalue weighted by Gasteiger charge is 2.30. The molecule has 1 aliphatic rings. The van der Waals surface area contributed by atoms with Crippen LogP contribution in [0.1, 0.15) is 35.3 Å². The summed E-state index contributed by atoms with van der Waals surface area (Å²) >= 11 is 0. The highest BCUT2D eigenvalue weighted by molar-refractivity contribution is 6.01. The summed E-state index contributed by atoms with van der Waals surface area (Å²) in [6.45, 7) is 6.50. The van der Waals surface area contributed by atoms with Crippen LogP contribution in [0.5, 0.6) is 0 Å². The maximum absolute atomic E-state index is 13.9. The molecule has 0 saturated heterocycles. The van der Waals surface area contributed by atoms with E-state index < -0.39 is 0 Å². The number of nitrogens with zero attached hydrogens (tertiary/aromatic N) is 2. The van der Waals surface area contributed by atoms with E-state index in [1.54, 1.807) is 0 Å². The maximum atomic E-state index is 13.9. The number of carbonyl (C=O) groups is 1. The van der Waals surface area contributed by atoms with Crippen molar-refractivity contribution in [3.63, 3.8) is 0 Å². The number of carbonyl (C=O) groups excluding carboxylic acids is 1. The number of fused-ring (bicyclic) bond motifs is 3. The van der Waals surface area contributed by atoms with E-state index in [4.69, 9.17) is 4.74 Å². The molecule has 0 bridgehead atoms. The zero-order chi connectivity index (χ0) is 24.8. The van der Waals surface area contributed by atoms with Crippen molar-refractivity contribution >= 4 is 5.91 Å². The fraction of sp³-hybridized carbons (Fsp3) is 0.367. The summed E-state index contributed by atoms with van der Waals surface area (Å²) in [5.74, 6) is 0.0192. The molecule has 0 unspecified atom stereocenters. The van der Waals surface area contributed by atoms with Gasteiger partial charge in [-0.3, -0.25) is 9.69 Å². The first-order valence-electron chi connectivity index (χ1n) is 12.4. The number of amides is 1. The Morgan fingerprint density at radius 1 is 0.971 bits per heavy atom. The Labute approximate surface area is 209 Å². The maximum Gasteiger partial charge on any atom is 0.254 e. The minimum absolute atomic E-state index is 0.0536. The summed E-state index contributed by atoms with van der Waals surface area (Å²) in [6.07, 6.45) is -0.0841. The molecule has 0 saturated carbocycles. The van der Waals surface area contributed by atoms with Crippen molar-refractivity contribution in [2.45, 2.75) is 39.1 Å². The highest BCUT2D eigenvalue weighted by atomic mass is 16.5. The summed E-state index contributed by atoms with van der Waals surface area (Å²) in [6, 6.07) is 26.0. The van der Waals surface area contributed by atoms with Crippen molar-refractivity contribution in [3.05, 3.63) is 95.6 Å². The molecule has 1 N–H and O–H groups in total. The van der Waals surface area contributed by atoms with Crippen LogP contribution in [-0.2, 0) is 17.9 Å². The van der Waals surface area contributed by atoms with E-state index in [0.29, 0.717) is 18.7 Å². The summed E-state index contributed by atoms with van der Waals surface area (Å²) in [7, 11) is 2.11. The fourth-order valence-corrected chi connectivity index (χ4v) is 4.82. The van der Waals surface area contributed by atoms with Gasteiger partial charge in [0.15, 0.2) is 0 Å². The van der Waals surface area contributed by atoms with Gasteiger partial charge in [0.2, 0.25) is 0 Å². The molecule has 3 aromatic carbocycles. The quantitative estimate of drug-likeness (QED) is 0.558. The third-order valence-corrected chi connectivity index (χ3v) is 6.88. The number of hydrogen-bond donors (Lipinski definition) is 1. The third kappa shape index (κ3) is 5.99. The lowest BCUT2D eigenvalue weighted by Gasteiger charge is -2.35. The second-order valence-corrected chi connectivity index (χ2v) is 9.70. The van der Waals surface area contributed by atoms with Crippen molar-refractivity contribution in [1.82, 2.24) is 9.80 Å². The number of rotatable bonds is 6. The Hall–Kier alpha value is -2.99. The van der Waals surface area contributed by atoms with E-state index in [0.717, 1.165) is 29.8 Å². The van der Waals surface area contributed by atoms with Gasteiger partial charge in [-0.2, -0.15) is 0 Å². The van der Waals surface area contributed by atoms with Crippen LogP contribution in [0.15, 0.2) is 78.9 Å². The fourth-order valence-electron chi connectivity index (χ4n) is 4.82. The minimum Gasteiger partial charge on any atom is -0.394 e. The Balaban J connectivity index is 1.68. The predicted octanol–water partition coefficient (Wildman–Crippen LogP) is 4.84. The molecule has 3 aromatic rings. The molecular formula is C30H36N2O3. The van der Waals surface area contributed by atoms with Gasteiger partial charge in [-0.15, -0.1) is 0 Å². The van der Waals surface area contributed by atoms with Crippen molar-refractivity contribution in [2.75, 3.05) is 26.7 Å². The lowest BCUT2D eigenvalue weighted by atomic mass is 9.94. The largest absolute Gasteiger partial charge is 0.394 e. The average molecular weight is 473 g/mol. The van der Waals surface area contributed by atoms with Gasteiger partial charge in [-0.05, 0) is 42.3 Å². The topological polar surface area (TPSA) is 53.0 Å². The van der Waals surface area contributed by atoms with E-state index in [9.17, 15) is 9.90 Å². The molecule has 3 atom stereocenters. The van der Waals surface area contributed by atoms with Crippen LogP contribution >= 0.6 is 0 Å². The van der Waals surface area contributed by atoms with Crippen molar-refractivity contribution in [3.8, 4) is 11.1 Å². The van der Waals surface area contributed by atoms with E-state index >= 15 is 0 Å². The van der Waals surface area contributed by atoms with Gasteiger partial charge in [0, 0.05) is 31.1 Å². The first-order valence-corrected chi connectivity index (χ1v) is 12.4. The molecule has 0 aromatic heterocycles. The second-order valence-electron chi connectivity index (χ2n) is 9.70. The Morgan fingerprint density at radius 3 is 2.31 bits per heavy atom. The lowest BCUT2D eigenvalue weighted by Crippen LogP contribution is -2.47. The number of hydrogen-bond acceptors (Lipinski definition) is 4. The van der Waals surface area contributed by atoms with Gasteiger partial charge in [-0.25, -0.2) is 0 Å². The first-order chi connectivity index (χ1) is 17.0. The molecule has 0 aliphatic carbocycles. The molecule has 1 heterocycles. The summed E-state index contributed by atoms with van der Waals surface area (Å²) in [4.78, 5) is 17.9. The molecule has 0 spiro atoms. The summed E-state index contributed by atoms with van der Waals surface area (Å²) < 4.78 is 6.59. The zero-order valence-corrected chi connectivity index (χ0v) is 20.9. The van der Waals surface area contributed by atoms with Crippen LogP contribution in [0.2, 0.25) is 0 Å². The first kappa shape index (κ1) is 25.1. The number of aliphatic hydroxyl groups is 1. The Morgan fingerprint density at radius 2 is 1.60 bits per heavy atom. The molecule has 184 valence electrons. The van der Waals surface area contributed by atoms with Crippen LogP contribution in [0, 0.1) is 5.92 Å². The number of likely N-dealkylation sites (N-methyl/N-ethyl adjacent to an activating group) is 1. The van der Waals surface area contributed by atoms with Gasteiger partial charge < -0.3 is 14.7 Å². The van der Waals surface area contributed by atoms with Gasteiger partial charge in [-0.1, -0.05) is 79.7 Å². The Bertz CT molecular complexity index is 1120. The van der Waals surface area contributed by atoms with Crippen LogP contribution < -0.4 is 0 Å². The molecule has 0 fully saturated rings. The summed E-state index contributed by atoms with van der Waals surface area (Å²) in [5, 5.41) is 9.98. The number of ether oxygens (including phenoxy) is 1. The van der Waals surface area contributed by atoms with Crippen molar-refractivity contribution in [1.29, 1.82) is 0 Å². The number of aliphatic hydroxyl groups excluding tert-OH is 1. The molecular weight excluding hydrogens is 436 g/mol. The summed E-state index contributed by atoms with van der Waals surface area (Å²) in [5.41, 5.74) is 4.90. The van der Waals surface area contributed by atoms with Gasteiger partial charge in [0.1, 0.15) is 0 Å². The van der Waals surface area contributed by atoms with Crippen molar-refractivity contribution < 1.29 is 14.6 Å². The number of benzene rings is 3. The van der Waals surface area contributed by atoms with Crippen LogP contribution in [-0.4, -0.2) is 59.7 Å². The van der Waals surface area contributed by atoms with Crippen molar-refractivity contribution in [2.24, 2.45) is 5.92 Å². The molecule has 1 aliphatic heterocycles. The molecule has 35 heavy (non-hydrogen) atoms. The SMILES string of the molecule is C[C@H]1CN([C@@H](C)CO)C(=O)c2ccccc2-c2ccccc2CO[C@H]1CN(C)Cc1ccccc1. The Kier molecular flexibility index (Phi) is 8.34. The van der Waals surface area contributed by atoms with Gasteiger partial charge >= 0.3 is 0 Å². The lowest BCUT2D eigenvalue weighted by molar-refractivity contribution is -0.0241. The van der Waals surface area contributed by atoms with Crippen LogP contribution in [0.3, 0.4) is 0 Å². The van der Waals surface area contributed by atoms with Gasteiger partial charge in [0.25, 0.3) is 5.91 Å². The van der Waals surface area contributed by atoms with E-state index in [2.05, 4.69) is 55.3 Å². The molecule has 5 heteroatoms. The van der Waals surface area contributed by atoms with Gasteiger partial charge in [0.05, 0.1) is 25.4 Å².